The van der Waals surface area contributed by atoms with Crippen LogP contribution in [-0.2, 0) is 11.2 Å². The van der Waals surface area contributed by atoms with Crippen LogP contribution in [-0.4, -0.2) is 17.7 Å². The van der Waals surface area contributed by atoms with Gasteiger partial charge in [0.05, 0.1) is 12.5 Å². The van der Waals surface area contributed by atoms with E-state index in [9.17, 15) is 4.79 Å². The lowest BCUT2D eigenvalue weighted by Gasteiger charge is -2.12. The molecule has 0 radical (unpaired) electrons. The first kappa shape index (κ1) is 23.9. The molecule has 0 fully saturated rings. The van der Waals surface area contributed by atoms with Crippen LogP contribution in [0.4, 0.5) is 0 Å². The van der Waals surface area contributed by atoms with Crippen LogP contribution < -0.4 is 4.74 Å². The van der Waals surface area contributed by atoms with Gasteiger partial charge in [-0.2, -0.15) is 0 Å². The first-order chi connectivity index (χ1) is 18.2. The average Bonchev–Trinajstić information content (AvgIpc) is 3.66. The van der Waals surface area contributed by atoms with E-state index in [4.69, 9.17) is 18.7 Å². The Morgan fingerprint density at radius 2 is 1.27 bits per heavy atom. The van der Waals surface area contributed by atoms with Gasteiger partial charge in [0.1, 0.15) is 23.9 Å². The smallest absolute Gasteiger partial charge is 0.303 e. The van der Waals surface area contributed by atoms with Crippen molar-refractivity contribution in [3.05, 3.63) is 132 Å². The first-order valence-electron chi connectivity index (χ1n) is 12.1. The van der Waals surface area contributed by atoms with Gasteiger partial charge >= 0.3 is 5.97 Å². The normalized spacial score (nSPS) is 10.7. The standard InChI is InChI=1S/C32H26O5/c33-32(34)18-7-23-5-16-28(17-6-23)35-22-19-29(24-8-12-26(13-9-24)30-3-1-20-36-30)25-10-14-27(15-11-25)31-4-2-21-37-31/h1-6,8-17,19-21H,7,18,22H2,(H,33,34). The monoisotopic (exact) mass is 490 g/mol. The number of carbonyl (C=O) groups is 1. The maximum atomic E-state index is 10.8. The highest BCUT2D eigenvalue weighted by atomic mass is 16.5. The van der Waals surface area contributed by atoms with Crippen molar-refractivity contribution in [1.29, 1.82) is 0 Å². The summed E-state index contributed by atoms with van der Waals surface area (Å²) in [5, 5.41) is 8.87. The Labute approximate surface area is 215 Å². The van der Waals surface area contributed by atoms with Crippen molar-refractivity contribution >= 4 is 11.5 Å². The number of ether oxygens (including phenoxy) is 1. The Balaban J connectivity index is 1.36. The van der Waals surface area contributed by atoms with Crippen LogP contribution in [0.25, 0.3) is 28.2 Å². The van der Waals surface area contributed by atoms with E-state index in [0.717, 1.165) is 50.7 Å². The zero-order valence-electron chi connectivity index (χ0n) is 20.2. The Morgan fingerprint density at radius 3 is 1.73 bits per heavy atom. The summed E-state index contributed by atoms with van der Waals surface area (Å²) in [6, 6.07) is 31.8. The molecule has 2 aromatic heterocycles. The molecule has 0 amide bonds. The van der Waals surface area contributed by atoms with Gasteiger partial charge in [0.15, 0.2) is 0 Å². The van der Waals surface area contributed by atoms with Crippen molar-refractivity contribution in [2.75, 3.05) is 6.61 Å². The minimum absolute atomic E-state index is 0.115. The number of benzene rings is 3. The van der Waals surface area contributed by atoms with Crippen LogP contribution in [0.15, 0.2) is 124 Å². The molecular weight excluding hydrogens is 464 g/mol. The highest BCUT2D eigenvalue weighted by Gasteiger charge is 2.09. The molecule has 184 valence electrons. The predicted octanol–water partition coefficient (Wildman–Crippen LogP) is 7.73. The summed E-state index contributed by atoms with van der Waals surface area (Å²) in [7, 11) is 0. The van der Waals surface area contributed by atoms with Gasteiger partial charge in [-0.05, 0) is 71.2 Å². The molecule has 0 saturated heterocycles. The third-order valence-corrected chi connectivity index (χ3v) is 6.09. The van der Waals surface area contributed by atoms with E-state index in [2.05, 4.69) is 54.6 Å². The summed E-state index contributed by atoms with van der Waals surface area (Å²) in [6.45, 7) is 0.379. The molecule has 0 spiro atoms. The molecule has 37 heavy (non-hydrogen) atoms. The molecule has 0 aliphatic heterocycles. The third-order valence-electron chi connectivity index (χ3n) is 6.09. The fourth-order valence-corrected chi connectivity index (χ4v) is 4.14. The Morgan fingerprint density at radius 1 is 0.730 bits per heavy atom. The molecule has 5 aromatic rings. The van der Waals surface area contributed by atoms with E-state index < -0.39 is 5.97 Å². The second-order valence-electron chi connectivity index (χ2n) is 8.58. The van der Waals surface area contributed by atoms with Crippen molar-refractivity contribution < 1.29 is 23.5 Å². The Hall–Kier alpha value is -4.77. The number of hydrogen-bond acceptors (Lipinski definition) is 4. The van der Waals surface area contributed by atoms with Crippen molar-refractivity contribution in [1.82, 2.24) is 0 Å². The molecule has 5 rings (SSSR count). The van der Waals surface area contributed by atoms with Gasteiger partial charge in [0.25, 0.3) is 0 Å². The van der Waals surface area contributed by atoms with Gasteiger partial charge in [-0.3, -0.25) is 4.79 Å². The van der Waals surface area contributed by atoms with Gasteiger partial charge in [0, 0.05) is 17.5 Å². The van der Waals surface area contributed by atoms with Crippen LogP contribution in [0, 0.1) is 0 Å². The topological polar surface area (TPSA) is 72.8 Å². The molecule has 1 N–H and O–H groups in total. The lowest BCUT2D eigenvalue weighted by molar-refractivity contribution is -0.136. The lowest BCUT2D eigenvalue weighted by atomic mass is 9.95. The summed E-state index contributed by atoms with van der Waals surface area (Å²) in [6.07, 6.45) is 6.03. The van der Waals surface area contributed by atoms with E-state index >= 15 is 0 Å². The van der Waals surface area contributed by atoms with Crippen molar-refractivity contribution in [3.63, 3.8) is 0 Å². The number of hydrogen-bond donors (Lipinski definition) is 1. The second-order valence-corrected chi connectivity index (χ2v) is 8.58. The number of rotatable bonds is 10. The molecule has 0 bridgehead atoms. The molecule has 3 aromatic carbocycles. The fraction of sp³-hybridized carbons (Fsp3) is 0.0938. The van der Waals surface area contributed by atoms with Crippen molar-refractivity contribution in [2.45, 2.75) is 12.8 Å². The fourth-order valence-electron chi connectivity index (χ4n) is 4.14. The molecule has 5 heteroatoms. The SMILES string of the molecule is O=C(O)CCc1ccc(OCC=C(c2ccc(-c3ccco3)cc2)c2ccc(-c3ccco3)cc2)cc1. The number of carboxylic acids is 1. The molecule has 0 atom stereocenters. The zero-order valence-corrected chi connectivity index (χ0v) is 20.2. The van der Waals surface area contributed by atoms with Gasteiger partial charge < -0.3 is 18.7 Å². The maximum absolute atomic E-state index is 10.8. The minimum atomic E-state index is -0.799. The van der Waals surface area contributed by atoms with Crippen LogP contribution in [0.1, 0.15) is 23.1 Å². The number of aliphatic carboxylic acids is 1. The van der Waals surface area contributed by atoms with Gasteiger partial charge in [0.2, 0.25) is 0 Å². The van der Waals surface area contributed by atoms with E-state index in [-0.39, 0.29) is 6.42 Å². The summed E-state index contributed by atoms with van der Waals surface area (Å²) >= 11 is 0. The summed E-state index contributed by atoms with van der Waals surface area (Å²) < 4.78 is 17.1. The van der Waals surface area contributed by atoms with Crippen LogP contribution >= 0.6 is 0 Å². The number of furan rings is 2. The molecule has 0 saturated carbocycles. The van der Waals surface area contributed by atoms with E-state index in [1.165, 1.54) is 0 Å². The Bertz CT molecular complexity index is 1360. The molecule has 2 heterocycles. The second kappa shape index (κ2) is 11.3. The largest absolute Gasteiger partial charge is 0.490 e. The highest BCUT2D eigenvalue weighted by Crippen LogP contribution is 2.29. The number of carboxylic acid groups (broad SMARTS) is 1. The summed E-state index contributed by atoms with van der Waals surface area (Å²) in [5.74, 6) is 1.59. The van der Waals surface area contributed by atoms with Crippen molar-refractivity contribution in [2.24, 2.45) is 0 Å². The average molecular weight is 491 g/mol. The molecule has 5 nitrogen and oxygen atoms in total. The first-order valence-corrected chi connectivity index (χ1v) is 12.1. The quantitative estimate of drug-likeness (QED) is 0.217. The lowest BCUT2D eigenvalue weighted by Crippen LogP contribution is -1.99. The Kier molecular flexibility index (Phi) is 7.32. The molecule has 0 aliphatic rings. The predicted molar refractivity (Wildman–Crippen MR) is 143 cm³/mol. The van der Waals surface area contributed by atoms with Crippen molar-refractivity contribution in [3.8, 4) is 28.4 Å². The maximum Gasteiger partial charge on any atom is 0.303 e. The van der Waals surface area contributed by atoms with Crippen LogP contribution in [0.5, 0.6) is 5.75 Å². The summed E-state index contributed by atoms with van der Waals surface area (Å²) in [5.41, 5.74) is 6.18. The number of aryl methyl sites for hydroxylation is 1. The van der Waals surface area contributed by atoms with Gasteiger partial charge in [-0.15, -0.1) is 0 Å². The minimum Gasteiger partial charge on any atom is -0.490 e. The van der Waals surface area contributed by atoms with Crippen LogP contribution in [0.3, 0.4) is 0 Å². The molecule has 0 aliphatic carbocycles. The van der Waals surface area contributed by atoms with Gasteiger partial charge in [-0.1, -0.05) is 60.7 Å². The van der Waals surface area contributed by atoms with E-state index in [1.807, 2.05) is 48.5 Å². The van der Waals surface area contributed by atoms with E-state index in [1.54, 1.807) is 12.5 Å². The zero-order chi connectivity index (χ0) is 25.5. The summed E-state index contributed by atoms with van der Waals surface area (Å²) in [4.78, 5) is 10.8. The van der Waals surface area contributed by atoms with Gasteiger partial charge in [-0.25, -0.2) is 0 Å². The van der Waals surface area contributed by atoms with Crippen LogP contribution in [0.2, 0.25) is 0 Å². The molecule has 0 unspecified atom stereocenters. The third kappa shape index (κ3) is 6.08. The molecular formula is C32H26O5. The van der Waals surface area contributed by atoms with E-state index in [0.29, 0.717) is 13.0 Å². The highest BCUT2D eigenvalue weighted by molar-refractivity contribution is 5.81.